The highest BCUT2D eigenvalue weighted by Gasteiger charge is 2.17. The number of aromatic nitrogens is 2. The molecule has 6 heteroatoms. The van der Waals surface area contributed by atoms with Crippen molar-refractivity contribution in [1.29, 1.82) is 0 Å². The van der Waals surface area contributed by atoms with Gasteiger partial charge in [0.2, 0.25) is 12.0 Å². The molecule has 0 saturated carbocycles. The first-order valence-corrected chi connectivity index (χ1v) is 5.50. The Balaban J connectivity index is 2.65. The van der Waals surface area contributed by atoms with Crippen molar-refractivity contribution in [2.45, 2.75) is 39.3 Å². The number of nitrogens with one attached hydrogen (secondary N) is 1. The summed E-state index contributed by atoms with van der Waals surface area (Å²) in [6.07, 6.45) is 2.43. The molecule has 0 aliphatic carbocycles. The van der Waals surface area contributed by atoms with E-state index < -0.39 is 11.7 Å². The summed E-state index contributed by atoms with van der Waals surface area (Å²) < 4.78 is 5.06. The lowest BCUT2D eigenvalue weighted by molar-refractivity contribution is 0.0634. The Morgan fingerprint density at radius 2 is 2.00 bits per heavy atom. The lowest BCUT2D eigenvalue weighted by atomic mass is 10.2. The minimum absolute atomic E-state index is 0.158. The summed E-state index contributed by atoms with van der Waals surface area (Å²) in [5.41, 5.74) is 0.141. The van der Waals surface area contributed by atoms with Gasteiger partial charge in [0.05, 0.1) is 5.56 Å². The molecule has 1 atom stereocenters. The third-order valence-electron chi connectivity index (χ3n) is 1.96. The molecular weight excluding hydrogens is 232 g/mol. The molecule has 0 aliphatic heterocycles. The Morgan fingerprint density at radius 3 is 2.44 bits per heavy atom. The second-order valence-electron chi connectivity index (χ2n) is 4.77. The molecule has 1 unspecified atom stereocenters. The molecule has 0 saturated heterocycles. The zero-order valence-corrected chi connectivity index (χ0v) is 10.9. The smallest absolute Gasteiger partial charge is 0.414 e. The van der Waals surface area contributed by atoms with E-state index in [1.165, 1.54) is 12.4 Å². The van der Waals surface area contributed by atoms with Gasteiger partial charge in [-0.25, -0.2) is 21.3 Å². The quantitative estimate of drug-likeness (QED) is 0.817. The standard InChI is InChI=1S/C12H16N4O2/c1-8(13-5)9-6-14-10(15-7-9)16-11(17)18-12(2,3)4/h6-8H,1-4H3,(H,14,15,16,17). The van der Waals surface area contributed by atoms with Gasteiger partial charge in [-0.3, -0.25) is 5.32 Å². The SMILES string of the molecule is [C-]#[N+]C(C)c1cnc(NC(=O)OC(C)(C)C)nc1. The van der Waals surface area contributed by atoms with Crippen LogP contribution >= 0.6 is 0 Å². The number of hydrogen-bond acceptors (Lipinski definition) is 4. The maximum absolute atomic E-state index is 11.4. The summed E-state index contributed by atoms with van der Waals surface area (Å²) in [7, 11) is 0. The van der Waals surface area contributed by atoms with Crippen molar-refractivity contribution in [3.63, 3.8) is 0 Å². The van der Waals surface area contributed by atoms with Crippen molar-refractivity contribution >= 4 is 12.0 Å². The monoisotopic (exact) mass is 248 g/mol. The highest BCUT2D eigenvalue weighted by atomic mass is 16.6. The molecule has 6 nitrogen and oxygen atoms in total. The molecule has 1 aromatic rings. The Kier molecular flexibility index (Phi) is 4.21. The Morgan fingerprint density at radius 1 is 1.44 bits per heavy atom. The molecule has 0 aliphatic rings. The summed E-state index contributed by atoms with van der Waals surface area (Å²) in [6, 6.07) is -0.291. The second kappa shape index (κ2) is 5.45. The predicted molar refractivity (Wildman–Crippen MR) is 66.9 cm³/mol. The van der Waals surface area contributed by atoms with Gasteiger partial charge < -0.3 is 9.58 Å². The molecule has 0 spiro atoms. The number of carbonyl (C=O) groups excluding carboxylic acids is 1. The van der Waals surface area contributed by atoms with Crippen molar-refractivity contribution < 1.29 is 9.53 Å². The van der Waals surface area contributed by atoms with Gasteiger partial charge in [0, 0.05) is 19.3 Å². The van der Waals surface area contributed by atoms with E-state index in [9.17, 15) is 4.79 Å². The zero-order valence-electron chi connectivity index (χ0n) is 10.9. The highest BCUT2D eigenvalue weighted by Crippen LogP contribution is 2.15. The summed E-state index contributed by atoms with van der Waals surface area (Å²) in [5.74, 6) is 0.158. The van der Waals surface area contributed by atoms with Crippen molar-refractivity contribution in [2.75, 3.05) is 5.32 Å². The van der Waals surface area contributed by atoms with Crippen LogP contribution in [-0.4, -0.2) is 21.7 Å². The van der Waals surface area contributed by atoms with Gasteiger partial charge in [-0.05, 0) is 20.8 Å². The molecule has 1 amide bonds. The maximum atomic E-state index is 11.4. The lowest BCUT2D eigenvalue weighted by Crippen LogP contribution is -2.27. The minimum Gasteiger partial charge on any atom is -0.444 e. The third kappa shape index (κ3) is 4.37. The van der Waals surface area contributed by atoms with Crippen LogP contribution in [-0.2, 0) is 4.74 Å². The highest BCUT2D eigenvalue weighted by molar-refractivity contribution is 5.82. The van der Waals surface area contributed by atoms with Crippen LogP contribution in [0.25, 0.3) is 4.85 Å². The van der Waals surface area contributed by atoms with Crippen LogP contribution in [0.15, 0.2) is 12.4 Å². The summed E-state index contributed by atoms with van der Waals surface area (Å²) in [6.45, 7) is 14.0. The van der Waals surface area contributed by atoms with Gasteiger partial charge in [0.25, 0.3) is 0 Å². The maximum Gasteiger partial charge on any atom is 0.414 e. The van der Waals surface area contributed by atoms with E-state index in [0.717, 1.165) is 0 Å². The molecule has 0 aromatic carbocycles. The number of anilines is 1. The van der Waals surface area contributed by atoms with Crippen molar-refractivity contribution in [3.05, 3.63) is 29.4 Å². The van der Waals surface area contributed by atoms with Gasteiger partial charge in [-0.15, -0.1) is 0 Å². The van der Waals surface area contributed by atoms with Gasteiger partial charge in [0.15, 0.2) is 0 Å². The fourth-order valence-electron chi connectivity index (χ4n) is 1.09. The Bertz CT molecular complexity index is 456. The fraction of sp³-hybridized carbons (Fsp3) is 0.500. The molecule has 1 rings (SSSR count). The summed E-state index contributed by atoms with van der Waals surface area (Å²) in [5, 5.41) is 2.42. The van der Waals surface area contributed by atoms with Crippen molar-refractivity contribution in [2.24, 2.45) is 0 Å². The molecule has 0 radical (unpaired) electrons. The molecule has 1 heterocycles. The number of ether oxygens (including phenoxy) is 1. The van der Waals surface area contributed by atoms with E-state index in [1.807, 2.05) is 0 Å². The first-order valence-electron chi connectivity index (χ1n) is 5.50. The minimum atomic E-state index is -0.603. The molecule has 1 aromatic heterocycles. The third-order valence-corrected chi connectivity index (χ3v) is 1.96. The second-order valence-corrected chi connectivity index (χ2v) is 4.77. The van der Waals surface area contributed by atoms with Crippen LogP contribution in [0.2, 0.25) is 0 Å². The Labute approximate surface area is 106 Å². The van der Waals surface area contributed by atoms with Crippen LogP contribution in [0, 0.1) is 6.57 Å². The molecule has 0 bridgehead atoms. The van der Waals surface area contributed by atoms with E-state index in [0.29, 0.717) is 5.56 Å². The number of nitrogens with zero attached hydrogens (tertiary/aromatic N) is 3. The topological polar surface area (TPSA) is 68.5 Å². The van der Waals surface area contributed by atoms with Gasteiger partial charge in [-0.2, -0.15) is 0 Å². The molecule has 18 heavy (non-hydrogen) atoms. The van der Waals surface area contributed by atoms with E-state index in [-0.39, 0.29) is 12.0 Å². The number of rotatable bonds is 2. The van der Waals surface area contributed by atoms with Crippen LogP contribution in [0.1, 0.15) is 39.3 Å². The molecule has 96 valence electrons. The number of amides is 1. The summed E-state index contributed by atoms with van der Waals surface area (Å²) in [4.78, 5) is 22.7. The van der Waals surface area contributed by atoms with E-state index in [2.05, 4.69) is 20.1 Å². The molecule has 1 N–H and O–H groups in total. The van der Waals surface area contributed by atoms with Gasteiger partial charge in [-0.1, -0.05) is 0 Å². The van der Waals surface area contributed by atoms with Crippen LogP contribution in [0.3, 0.4) is 0 Å². The largest absolute Gasteiger partial charge is 0.444 e. The molecule has 0 fully saturated rings. The zero-order chi connectivity index (χ0) is 13.8. The van der Waals surface area contributed by atoms with E-state index in [1.54, 1.807) is 27.7 Å². The predicted octanol–water partition coefficient (Wildman–Crippen LogP) is 2.80. The number of hydrogen-bond donors (Lipinski definition) is 1. The first-order chi connectivity index (χ1) is 8.31. The van der Waals surface area contributed by atoms with Crippen LogP contribution in [0.4, 0.5) is 10.7 Å². The van der Waals surface area contributed by atoms with Crippen LogP contribution in [0.5, 0.6) is 0 Å². The van der Waals surface area contributed by atoms with Gasteiger partial charge in [0.1, 0.15) is 5.60 Å². The van der Waals surface area contributed by atoms with E-state index in [4.69, 9.17) is 11.3 Å². The van der Waals surface area contributed by atoms with Crippen molar-refractivity contribution in [3.8, 4) is 0 Å². The fourth-order valence-corrected chi connectivity index (χ4v) is 1.09. The van der Waals surface area contributed by atoms with Crippen molar-refractivity contribution in [1.82, 2.24) is 9.97 Å². The van der Waals surface area contributed by atoms with Crippen LogP contribution < -0.4 is 5.32 Å². The molecular formula is C12H16N4O2. The first kappa shape index (κ1) is 13.9. The summed E-state index contributed by atoms with van der Waals surface area (Å²) >= 11 is 0. The normalized spacial score (nSPS) is 12.4. The lowest BCUT2D eigenvalue weighted by Gasteiger charge is -2.19. The van der Waals surface area contributed by atoms with Gasteiger partial charge >= 0.3 is 6.09 Å². The average Bonchev–Trinajstić information content (AvgIpc) is 2.26. The Hall–Kier alpha value is -2.16. The number of carbonyl (C=O) groups is 1. The average molecular weight is 248 g/mol. The van der Waals surface area contributed by atoms with E-state index >= 15 is 0 Å².